The number of hydrogen-bond donors (Lipinski definition) is 3. The topological polar surface area (TPSA) is 184 Å². The quantitative estimate of drug-likeness (QED) is 0.183. The van der Waals surface area contributed by atoms with E-state index >= 15 is 0 Å². The molecule has 3 rings (SSSR count). The van der Waals surface area contributed by atoms with Crippen LogP contribution in [-0.4, -0.2) is 80.4 Å². The Balaban J connectivity index is 0.000000928. The molecule has 0 aromatic heterocycles. The highest BCUT2D eigenvalue weighted by molar-refractivity contribution is 6.32. The Morgan fingerprint density at radius 2 is 1.40 bits per heavy atom. The molecule has 0 unspecified atom stereocenters. The number of carbonyl (C=O) groups excluding carboxylic acids is 2. The number of rotatable bonds is 11. The van der Waals surface area contributed by atoms with Crippen LogP contribution in [0, 0.1) is 22.0 Å². The zero-order valence-corrected chi connectivity index (χ0v) is 25.2. The van der Waals surface area contributed by atoms with Crippen LogP contribution in [0.3, 0.4) is 0 Å². The Morgan fingerprint density at radius 3 is 1.79 bits per heavy atom. The van der Waals surface area contributed by atoms with Crippen LogP contribution in [0.5, 0.6) is 0 Å². The minimum absolute atomic E-state index is 0.0187. The zero-order chi connectivity index (χ0) is 31.4. The summed E-state index contributed by atoms with van der Waals surface area (Å²) in [5.41, 5.74) is 5.09. The predicted molar refractivity (Wildman–Crippen MR) is 157 cm³/mol. The van der Waals surface area contributed by atoms with E-state index in [-0.39, 0.29) is 34.0 Å². The second-order valence-corrected chi connectivity index (χ2v) is 11.3. The van der Waals surface area contributed by atoms with Gasteiger partial charge in [-0.1, -0.05) is 64.0 Å². The van der Waals surface area contributed by atoms with Gasteiger partial charge in [-0.2, -0.15) is 0 Å². The molecule has 0 saturated heterocycles. The summed E-state index contributed by atoms with van der Waals surface area (Å²) < 4.78 is 0. The number of hydrogen-bond acceptors (Lipinski definition) is 7. The number of aliphatic carboxylic acids is 2. The van der Waals surface area contributed by atoms with E-state index in [2.05, 4.69) is 18.7 Å². The Bertz CT molecular complexity index is 1080. The van der Waals surface area contributed by atoms with Gasteiger partial charge in [0.2, 0.25) is 5.91 Å². The maximum atomic E-state index is 14.3. The Kier molecular flexibility index (Phi) is 13.6. The number of carboxylic acids is 2. The largest absolute Gasteiger partial charge is 0.473 e. The number of nitrogens with two attached hydrogens (primary N) is 1. The molecule has 0 radical (unpaired) electrons. The smallest absolute Gasteiger partial charge is 0.414 e. The number of benzene rings is 1. The summed E-state index contributed by atoms with van der Waals surface area (Å²) in [6.45, 7) is 6.72. The van der Waals surface area contributed by atoms with Crippen molar-refractivity contribution in [3.8, 4) is 0 Å². The minimum Gasteiger partial charge on any atom is -0.473 e. The lowest BCUT2D eigenvalue weighted by molar-refractivity contribution is -0.384. The van der Waals surface area contributed by atoms with Crippen LogP contribution in [0.15, 0.2) is 18.2 Å². The molecule has 2 aliphatic rings. The van der Waals surface area contributed by atoms with Crippen LogP contribution in [0.2, 0.25) is 5.02 Å². The van der Waals surface area contributed by atoms with Crippen LogP contribution in [0.4, 0.5) is 5.69 Å². The molecule has 42 heavy (non-hydrogen) atoms. The van der Waals surface area contributed by atoms with Crippen molar-refractivity contribution in [2.45, 2.75) is 83.6 Å². The maximum absolute atomic E-state index is 14.3. The van der Waals surface area contributed by atoms with Gasteiger partial charge in [0.15, 0.2) is 0 Å². The van der Waals surface area contributed by atoms with Crippen molar-refractivity contribution in [2.24, 2.45) is 17.6 Å². The number of amides is 2. The monoisotopic (exact) mass is 610 g/mol. The van der Waals surface area contributed by atoms with Crippen molar-refractivity contribution >= 4 is 41.0 Å². The number of halogens is 1. The summed E-state index contributed by atoms with van der Waals surface area (Å²) in [5, 5.41) is 26.3. The molecule has 234 valence electrons. The number of nitro groups is 1. The fourth-order valence-corrected chi connectivity index (χ4v) is 6.76. The fraction of sp³-hybridized carbons (Fsp3) is 0.655. The van der Waals surface area contributed by atoms with Crippen LogP contribution < -0.4 is 5.73 Å². The molecule has 13 heteroatoms. The van der Waals surface area contributed by atoms with E-state index in [0.29, 0.717) is 13.1 Å². The van der Waals surface area contributed by atoms with E-state index in [4.69, 9.17) is 37.1 Å². The summed E-state index contributed by atoms with van der Waals surface area (Å²) in [7, 11) is 0. The standard InChI is InChI=1S/C27H41ClN4O4.C2H2O4/c1-3-30(4-2)17-18-31(25(33)20-15-16-23(28)24(19-20)32(35)36)27(26(29)34,21-11-7-5-8-12-21)22-13-9-6-10-14-22;3-1(4)2(5)6/h15-16,19,21-22H,3-14,17-18H2,1-2H3,(H2,29,34);(H,3,4)(H,5,6). The lowest BCUT2D eigenvalue weighted by Crippen LogP contribution is -2.69. The summed E-state index contributed by atoms with van der Waals surface area (Å²) in [5.74, 6) is -4.50. The third kappa shape index (κ3) is 8.41. The number of nitrogens with zero attached hydrogens (tertiary/aromatic N) is 3. The summed E-state index contributed by atoms with van der Waals surface area (Å²) in [6, 6.07) is 4.15. The average molecular weight is 611 g/mol. The van der Waals surface area contributed by atoms with Crippen molar-refractivity contribution in [2.75, 3.05) is 26.2 Å². The second-order valence-electron chi connectivity index (χ2n) is 10.9. The molecule has 2 aliphatic carbocycles. The van der Waals surface area contributed by atoms with Gasteiger partial charge in [0.25, 0.3) is 11.6 Å². The molecule has 1 aromatic rings. The molecule has 2 amide bonds. The maximum Gasteiger partial charge on any atom is 0.414 e. The molecule has 0 heterocycles. The molecule has 0 bridgehead atoms. The van der Waals surface area contributed by atoms with E-state index in [1.165, 1.54) is 18.2 Å². The van der Waals surface area contributed by atoms with Crippen LogP contribution in [0.1, 0.15) is 88.4 Å². The van der Waals surface area contributed by atoms with Gasteiger partial charge in [-0.25, -0.2) is 9.59 Å². The average Bonchev–Trinajstić information content (AvgIpc) is 2.98. The second kappa shape index (κ2) is 16.4. The summed E-state index contributed by atoms with van der Waals surface area (Å²) in [6.07, 6.45) is 9.70. The third-order valence-electron chi connectivity index (χ3n) is 8.65. The van der Waals surface area contributed by atoms with Gasteiger partial charge in [0.1, 0.15) is 10.6 Å². The molecular weight excluding hydrogens is 568 g/mol. The summed E-state index contributed by atoms with van der Waals surface area (Å²) in [4.78, 5) is 61.1. The van der Waals surface area contributed by atoms with Crippen LogP contribution in [0.25, 0.3) is 0 Å². The Morgan fingerprint density at radius 1 is 0.929 bits per heavy atom. The lowest BCUT2D eigenvalue weighted by atomic mass is 9.62. The first-order valence-corrected chi connectivity index (χ1v) is 15.0. The Hall–Kier alpha value is -3.25. The number of carboxylic acid groups (broad SMARTS) is 2. The van der Waals surface area contributed by atoms with E-state index in [9.17, 15) is 19.7 Å². The first-order valence-electron chi connectivity index (χ1n) is 14.7. The van der Waals surface area contributed by atoms with Gasteiger partial charge in [-0.15, -0.1) is 0 Å². The zero-order valence-electron chi connectivity index (χ0n) is 24.4. The van der Waals surface area contributed by atoms with E-state index < -0.39 is 28.3 Å². The summed E-state index contributed by atoms with van der Waals surface area (Å²) >= 11 is 6.05. The first-order chi connectivity index (χ1) is 19.9. The molecular formula is C29H43ClN4O8. The number of primary amides is 1. The molecule has 2 fully saturated rings. The van der Waals surface area contributed by atoms with Crippen LogP contribution in [-0.2, 0) is 14.4 Å². The van der Waals surface area contributed by atoms with Crippen LogP contribution >= 0.6 is 11.6 Å². The van der Waals surface area contributed by atoms with E-state index in [1.54, 1.807) is 4.90 Å². The van der Waals surface area contributed by atoms with E-state index in [0.717, 1.165) is 77.3 Å². The molecule has 0 spiro atoms. The van der Waals surface area contributed by atoms with Gasteiger partial charge in [0.05, 0.1) is 4.92 Å². The Labute approximate surface area is 251 Å². The van der Waals surface area contributed by atoms with Gasteiger partial charge in [-0.05, 0) is 62.7 Å². The predicted octanol–water partition coefficient (Wildman–Crippen LogP) is 4.57. The molecule has 1 aromatic carbocycles. The van der Waals surface area contributed by atoms with Gasteiger partial charge in [0, 0.05) is 24.7 Å². The third-order valence-corrected chi connectivity index (χ3v) is 8.97. The molecule has 0 atom stereocenters. The van der Waals surface area contributed by atoms with Gasteiger partial charge < -0.3 is 25.7 Å². The van der Waals surface area contributed by atoms with E-state index in [1.807, 2.05) is 0 Å². The number of nitro benzene ring substituents is 1. The SMILES string of the molecule is CCN(CC)CCN(C(=O)c1ccc(Cl)c([N+](=O)[O-])c1)C(C(N)=O)(C1CCCCC1)C1CCCCC1.O=C(O)C(=O)O. The van der Waals surface area contributed by atoms with Crippen molar-refractivity contribution in [3.63, 3.8) is 0 Å². The highest BCUT2D eigenvalue weighted by atomic mass is 35.5. The molecule has 4 N–H and O–H groups in total. The van der Waals surface area contributed by atoms with Crippen molar-refractivity contribution < 1.29 is 34.3 Å². The van der Waals surface area contributed by atoms with Gasteiger partial charge in [-0.3, -0.25) is 19.7 Å². The highest BCUT2D eigenvalue weighted by Crippen LogP contribution is 2.47. The van der Waals surface area contributed by atoms with Gasteiger partial charge >= 0.3 is 11.9 Å². The minimum atomic E-state index is -1.82. The van der Waals surface area contributed by atoms with Crippen molar-refractivity contribution in [3.05, 3.63) is 38.9 Å². The highest BCUT2D eigenvalue weighted by Gasteiger charge is 2.56. The number of likely N-dealkylation sites (N-methyl/N-ethyl adjacent to an activating group) is 1. The van der Waals surface area contributed by atoms with Crippen molar-refractivity contribution in [1.29, 1.82) is 0 Å². The number of carbonyl (C=O) groups is 4. The lowest BCUT2D eigenvalue weighted by Gasteiger charge is -2.53. The molecule has 12 nitrogen and oxygen atoms in total. The molecule has 2 saturated carbocycles. The van der Waals surface area contributed by atoms with Crippen molar-refractivity contribution in [1.82, 2.24) is 9.80 Å². The fourth-order valence-electron chi connectivity index (χ4n) is 6.57. The molecule has 0 aliphatic heterocycles. The first kappa shape index (κ1) is 34.9. The normalized spacial score (nSPS) is 16.3.